The Balaban J connectivity index is 1.48. The number of hydrogen-bond donors (Lipinski definition) is 2. The fraction of sp³-hybridized carbons (Fsp3) is 0.111. The van der Waals surface area contributed by atoms with Gasteiger partial charge in [-0.15, -0.1) is 0 Å². The predicted octanol–water partition coefficient (Wildman–Crippen LogP) is 6.11. The second kappa shape index (κ2) is 10.6. The summed E-state index contributed by atoms with van der Waals surface area (Å²) in [6.07, 6.45) is 1.63. The Kier molecular flexibility index (Phi) is 7.27. The normalized spacial score (nSPS) is 11.7. The molecule has 0 spiro atoms. The van der Waals surface area contributed by atoms with E-state index in [1.165, 1.54) is 18.2 Å². The molecule has 0 amide bonds. The lowest BCUT2D eigenvalue weighted by atomic mass is 9.99. The average molecular weight is 568 g/mol. The molecule has 0 aliphatic carbocycles. The highest BCUT2D eigenvalue weighted by Gasteiger charge is 2.21. The van der Waals surface area contributed by atoms with E-state index in [0.717, 1.165) is 16.7 Å². The van der Waals surface area contributed by atoms with E-state index in [0.29, 0.717) is 35.0 Å². The molecular formula is C27H23Cl2N5O3S. The third kappa shape index (κ3) is 5.19. The minimum atomic E-state index is -3.97. The molecule has 0 radical (unpaired) electrons. The van der Waals surface area contributed by atoms with E-state index in [1.807, 2.05) is 37.3 Å². The fourth-order valence-electron chi connectivity index (χ4n) is 4.16. The van der Waals surface area contributed by atoms with Crippen LogP contribution in [0, 0.1) is 6.92 Å². The Morgan fingerprint density at radius 1 is 1.00 bits per heavy atom. The average Bonchev–Trinajstić information content (AvgIpc) is 3.36. The lowest BCUT2D eigenvalue weighted by Crippen LogP contribution is -2.14. The Labute approximate surface area is 230 Å². The quantitative estimate of drug-likeness (QED) is 0.234. The molecule has 2 aromatic heterocycles. The molecule has 11 heteroatoms. The van der Waals surface area contributed by atoms with Gasteiger partial charge in [-0.2, -0.15) is 9.61 Å². The van der Waals surface area contributed by atoms with Crippen LogP contribution in [0.2, 0.25) is 10.0 Å². The summed E-state index contributed by atoms with van der Waals surface area (Å²) in [6.45, 7) is 2.50. The second-order valence-corrected chi connectivity index (χ2v) is 11.0. The van der Waals surface area contributed by atoms with Gasteiger partial charge in [0.2, 0.25) is 0 Å². The molecule has 2 heterocycles. The Morgan fingerprint density at radius 2 is 1.79 bits per heavy atom. The number of sulfonamides is 1. The first-order chi connectivity index (χ1) is 18.2. The van der Waals surface area contributed by atoms with Crippen LogP contribution in [-0.2, 0) is 28.0 Å². The summed E-state index contributed by atoms with van der Waals surface area (Å²) in [6, 6.07) is 21.2. The molecule has 0 fully saturated rings. The predicted molar refractivity (Wildman–Crippen MR) is 150 cm³/mol. The number of fused-ring (bicyclic) bond motifs is 1. The summed E-state index contributed by atoms with van der Waals surface area (Å²) in [5.41, 5.74) is 11.4. The van der Waals surface area contributed by atoms with Crippen LogP contribution >= 0.6 is 23.2 Å². The van der Waals surface area contributed by atoms with Gasteiger partial charge in [0.25, 0.3) is 10.0 Å². The van der Waals surface area contributed by atoms with Crippen molar-refractivity contribution in [2.45, 2.75) is 25.0 Å². The number of halogens is 2. The van der Waals surface area contributed by atoms with Gasteiger partial charge in [-0.1, -0.05) is 65.7 Å². The van der Waals surface area contributed by atoms with E-state index >= 15 is 0 Å². The number of aryl methyl sites for hydroxylation is 1. The first kappa shape index (κ1) is 26.0. The lowest BCUT2D eigenvalue weighted by Gasteiger charge is -2.17. The van der Waals surface area contributed by atoms with Crippen LogP contribution in [-0.4, -0.2) is 23.0 Å². The van der Waals surface area contributed by atoms with Crippen molar-refractivity contribution < 1.29 is 13.2 Å². The first-order valence-corrected chi connectivity index (χ1v) is 13.8. The number of nitrogens with two attached hydrogens (primary N) is 1. The molecular weight excluding hydrogens is 545 g/mol. The van der Waals surface area contributed by atoms with Gasteiger partial charge in [0.05, 0.1) is 35.1 Å². The van der Waals surface area contributed by atoms with Crippen molar-refractivity contribution >= 4 is 50.4 Å². The molecule has 0 saturated carbocycles. The summed E-state index contributed by atoms with van der Waals surface area (Å²) < 4.78 is 36.1. The van der Waals surface area contributed by atoms with Crippen LogP contribution in [0.3, 0.4) is 0 Å². The maximum absolute atomic E-state index is 13.0. The maximum Gasteiger partial charge on any atom is 0.263 e. The third-order valence-corrected chi connectivity index (χ3v) is 8.30. The van der Waals surface area contributed by atoms with Crippen LogP contribution in [0.1, 0.15) is 16.8 Å². The molecule has 0 saturated heterocycles. The van der Waals surface area contributed by atoms with Crippen molar-refractivity contribution in [2.75, 3.05) is 10.5 Å². The van der Waals surface area contributed by atoms with E-state index in [4.69, 9.17) is 38.7 Å². The van der Waals surface area contributed by atoms with Gasteiger partial charge in [0, 0.05) is 17.3 Å². The van der Waals surface area contributed by atoms with Crippen molar-refractivity contribution in [2.24, 2.45) is 0 Å². The van der Waals surface area contributed by atoms with Gasteiger partial charge in [0.1, 0.15) is 10.7 Å². The maximum atomic E-state index is 13.0. The van der Waals surface area contributed by atoms with E-state index in [-0.39, 0.29) is 21.5 Å². The lowest BCUT2D eigenvalue weighted by molar-refractivity contribution is 0.105. The molecule has 194 valence electrons. The summed E-state index contributed by atoms with van der Waals surface area (Å²) in [5.74, 6) is 0.403. The van der Waals surface area contributed by atoms with Gasteiger partial charge >= 0.3 is 0 Å². The molecule has 3 aromatic carbocycles. The Morgan fingerprint density at radius 3 is 2.55 bits per heavy atom. The standard InChI is InChI=1S/C27H23Cl2N5O3S/c1-17-14-19(33-38(35,36)23-9-5-8-21(28)26(23)29)10-11-20(17)25-22(16-37-15-18-6-3-2-4-7-18)32-24-12-13-31-34(24)27(25)30/h2-14,33H,15-16,30H2,1H3. The minimum absolute atomic E-state index is 0.0403. The molecule has 38 heavy (non-hydrogen) atoms. The van der Waals surface area contributed by atoms with Gasteiger partial charge in [-0.25, -0.2) is 13.4 Å². The molecule has 0 aliphatic heterocycles. The molecule has 8 nitrogen and oxygen atoms in total. The monoisotopic (exact) mass is 567 g/mol. The zero-order chi connectivity index (χ0) is 26.9. The second-order valence-electron chi connectivity index (χ2n) is 8.59. The number of benzene rings is 3. The highest BCUT2D eigenvalue weighted by atomic mass is 35.5. The summed E-state index contributed by atoms with van der Waals surface area (Å²) in [4.78, 5) is 4.63. The van der Waals surface area contributed by atoms with Crippen molar-refractivity contribution in [3.63, 3.8) is 0 Å². The fourth-order valence-corrected chi connectivity index (χ4v) is 5.97. The molecule has 5 aromatic rings. The van der Waals surface area contributed by atoms with Gasteiger partial charge in [0.15, 0.2) is 5.65 Å². The van der Waals surface area contributed by atoms with Crippen LogP contribution in [0.25, 0.3) is 16.8 Å². The number of hydrogen-bond acceptors (Lipinski definition) is 6. The van der Waals surface area contributed by atoms with E-state index in [2.05, 4.69) is 9.82 Å². The van der Waals surface area contributed by atoms with E-state index in [1.54, 1.807) is 35.0 Å². The smallest absolute Gasteiger partial charge is 0.263 e. The zero-order valence-electron chi connectivity index (χ0n) is 20.2. The number of nitrogens with one attached hydrogen (secondary N) is 1. The molecule has 0 atom stereocenters. The number of ether oxygens (including phenoxy) is 1. The highest BCUT2D eigenvalue weighted by molar-refractivity contribution is 7.92. The van der Waals surface area contributed by atoms with E-state index in [9.17, 15) is 8.42 Å². The number of nitrogens with zero attached hydrogens (tertiary/aromatic N) is 3. The van der Waals surface area contributed by atoms with E-state index < -0.39 is 10.0 Å². The van der Waals surface area contributed by atoms with Crippen LogP contribution in [0.4, 0.5) is 11.5 Å². The van der Waals surface area contributed by atoms with Crippen LogP contribution in [0.5, 0.6) is 0 Å². The topological polar surface area (TPSA) is 112 Å². The number of aromatic nitrogens is 3. The summed E-state index contributed by atoms with van der Waals surface area (Å²) >= 11 is 12.2. The summed E-state index contributed by atoms with van der Waals surface area (Å²) in [7, 11) is -3.97. The van der Waals surface area contributed by atoms with Crippen molar-refractivity contribution in [3.05, 3.63) is 106 Å². The minimum Gasteiger partial charge on any atom is -0.383 e. The molecule has 0 unspecified atom stereocenters. The SMILES string of the molecule is Cc1cc(NS(=O)(=O)c2cccc(Cl)c2Cl)ccc1-c1c(COCc2ccccc2)nc2ccnn2c1N. The van der Waals surface area contributed by atoms with Crippen LogP contribution < -0.4 is 10.5 Å². The first-order valence-electron chi connectivity index (χ1n) is 11.6. The summed E-state index contributed by atoms with van der Waals surface area (Å²) in [5, 5.41) is 4.40. The molecule has 0 bridgehead atoms. The highest BCUT2D eigenvalue weighted by Crippen LogP contribution is 2.35. The molecule has 3 N–H and O–H groups in total. The number of rotatable bonds is 8. The Bertz CT molecular complexity index is 1740. The van der Waals surface area contributed by atoms with Crippen molar-refractivity contribution in [1.82, 2.24) is 14.6 Å². The number of nitrogen functional groups attached to an aromatic ring is 1. The van der Waals surface area contributed by atoms with Gasteiger partial charge < -0.3 is 10.5 Å². The van der Waals surface area contributed by atoms with Gasteiger partial charge in [-0.3, -0.25) is 4.72 Å². The van der Waals surface area contributed by atoms with Crippen molar-refractivity contribution in [3.8, 4) is 11.1 Å². The third-order valence-electron chi connectivity index (χ3n) is 5.95. The van der Waals surface area contributed by atoms with Crippen molar-refractivity contribution in [1.29, 1.82) is 0 Å². The van der Waals surface area contributed by atoms with Gasteiger partial charge in [-0.05, 0) is 47.9 Å². The zero-order valence-corrected chi connectivity index (χ0v) is 22.6. The Hall–Kier alpha value is -3.63. The van der Waals surface area contributed by atoms with Crippen LogP contribution in [0.15, 0.2) is 83.9 Å². The molecule has 5 rings (SSSR count). The number of anilines is 2. The largest absolute Gasteiger partial charge is 0.383 e. The molecule has 0 aliphatic rings.